The molecule has 1 aliphatic carbocycles. The van der Waals surface area contributed by atoms with Crippen LogP contribution in [0.2, 0.25) is 5.02 Å². The largest absolute Gasteiger partial charge is 0.318 e. The summed E-state index contributed by atoms with van der Waals surface area (Å²) in [6, 6.07) is 3.29. The molecule has 210 valence electrons. The van der Waals surface area contributed by atoms with Gasteiger partial charge in [0.2, 0.25) is 5.91 Å². The van der Waals surface area contributed by atoms with Crippen molar-refractivity contribution in [2.75, 3.05) is 16.8 Å². The molecule has 1 saturated carbocycles. The molecule has 2 amide bonds. The van der Waals surface area contributed by atoms with Gasteiger partial charge in [0, 0.05) is 36.0 Å². The Morgan fingerprint density at radius 1 is 1.15 bits per heavy atom. The molecule has 6 rings (SSSR count). The van der Waals surface area contributed by atoms with Crippen molar-refractivity contribution in [3.8, 4) is 11.3 Å². The molecule has 0 spiro atoms. The second-order valence-corrected chi connectivity index (χ2v) is 10.2. The molecule has 4 aromatic rings. The number of alkyl halides is 2. The van der Waals surface area contributed by atoms with Gasteiger partial charge in [-0.25, -0.2) is 27.5 Å². The van der Waals surface area contributed by atoms with E-state index in [4.69, 9.17) is 11.6 Å². The Bertz CT molecular complexity index is 1680. The molecule has 1 saturated heterocycles. The van der Waals surface area contributed by atoms with Crippen LogP contribution in [0.3, 0.4) is 0 Å². The van der Waals surface area contributed by atoms with Crippen LogP contribution in [0.4, 0.5) is 29.1 Å². The predicted octanol–water partition coefficient (Wildman–Crippen LogP) is 5.28. The molecule has 1 N–H and O–H groups in total. The van der Waals surface area contributed by atoms with E-state index in [0.717, 1.165) is 37.4 Å². The Kier molecular flexibility index (Phi) is 6.89. The molecule has 2 fully saturated rings. The third kappa shape index (κ3) is 5.01. The predicted molar refractivity (Wildman–Crippen MR) is 139 cm³/mol. The molecule has 4 heterocycles. The van der Waals surface area contributed by atoms with Gasteiger partial charge in [0.15, 0.2) is 17.5 Å². The smallest absolute Gasteiger partial charge is 0.275 e. The third-order valence-electron chi connectivity index (χ3n) is 7.27. The van der Waals surface area contributed by atoms with Crippen molar-refractivity contribution in [3.63, 3.8) is 0 Å². The van der Waals surface area contributed by atoms with Crippen molar-refractivity contribution in [2.45, 2.75) is 25.8 Å². The molecule has 0 radical (unpaired) electrons. The van der Waals surface area contributed by atoms with Gasteiger partial charge < -0.3 is 5.32 Å². The minimum atomic E-state index is -3.01. The van der Waals surface area contributed by atoms with Crippen molar-refractivity contribution in [1.29, 1.82) is 0 Å². The van der Waals surface area contributed by atoms with Crippen molar-refractivity contribution < 1.29 is 27.2 Å². The number of hydrogen-bond acceptors (Lipinski definition) is 6. The van der Waals surface area contributed by atoms with Crippen molar-refractivity contribution in [2.24, 2.45) is 11.8 Å². The van der Waals surface area contributed by atoms with Gasteiger partial charge in [-0.3, -0.25) is 24.2 Å². The van der Waals surface area contributed by atoms with E-state index in [9.17, 15) is 27.2 Å². The lowest BCUT2D eigenvalue weighted by Gasteiger charge is -2.25. The summed E-state index contributed by atoms with van der Waals surface area (Å²) in [6.07, 6.45) is 5.22. The Labute approximate surface area is 235 Å². The number of rotatable bonds is 7. The van der Waals surface area contributed by atoms with Gasteiger partial charge >= 0.3 is 0 Å². The first-order valence-electron chi connectivity index (χ1n) is 12.6. The summed E-state index contributed by atoms with van der Waals surface area (Å²) in [6.45, 7) is 0.600. The number of fused-ring (bicyclic) bond motifs is 1. The quantitative estimate of drug-likeness (QED) is 0.296. The molecule has 14 heteroatoms. The fraction of sp³-hybridized carbons (Fsp3) is 0.259. The van der Waals surface area contributed by atoms with Crippen molar-refractivity contribution in [1.82, 2.24) is 24.7 Å². The zero-order valence-corrected chi connectivity index (χ0v) is 21.8. The van der Waals surface area contributed by atoms with Crippen LogP contribution in [0, 0.1) is 23.5 Å². The first-order chi connectivity index (χ1) is 19.7. The van der Waals surface area contributed by atoms with E-state index in [1.165, 1.54) is 34.2 Å². The van der Waals surface area contributed by atoms with Crippen LogP contribution in [-0.4, -0.2) is 43.1 Å². The monoisotopic (exact) mass is 585 g/mol. The summed E-state index contributed by atoms with van der Waals surface area (Å²) in [4.78, 5) is 38.7. The fourth-order valence-corrected chi connectivity index (χ4v) is 5.24. The number of aromatic nitrogens is 5. The molecule has 41 heavy (non-hydrogen) atoms. The zero-order chi connectivity index (χ0) is 28.8. The highest BCUT2D eigenvalue weighted by atomic mass is 35.5. The Hall–Kier alpha value is -4.39. The number of benzene rings is 1. The average Bonchev–Trinajstić information content (AvgIpc) is 3.45. The maximum Gasteiger partial charge on any atom is 0.275 e. The normalized spacial score (nSPS) is 18.0. The number of hydrogen-bond donors (Lipinski definition) is 1. The molecule has 1 aliphatic heterocycles. The number of halogens is 5. The highest BCUT2D eigenvalue weighted by Crippen LogP contribution is 2.43. The van der Waals surface area contributed by atoms with Gasteiger partial charge in [0.1, 0.15) is 5.69 Å². The SMILES string of the molecule is O=C(Nc1cnn(Cc2cnc(N3C[C@H]4CC[C@H]4C3=O)c(F)c2)c1)c1cncc(-c2c(C(F)F)ccc(Cl)c2F)n1. The Morgan fingerprint density at radius 2 is 1.98 bits per heavy atom. The van der Waals surface area contributed by atoms with Gasteiger partial charge in [0.25, 0.3) is 12.3 Å². The van der Waals surface area contributed by atoms with Crippen LogP contribution in [0.25, 0.3) is 11.3 Å². The number of anilines is 2. The number of nitrogens with zero attached hydrogens (tertiary/aromatic N) is 6. The number of nitrogens with one attached hydrogen (secondary N) is 1. The standard InChI is InChI=1S/C27H20ClF4N7O2/c28-18-4-3-17(24(31)32)22(23(18)30)20-8-33-9-21(37-20)26(40)36-15-7-35-38(12-15)10-13-5-19(29)25(34-6-13)39-11-14-1-2-16(14)27(39)41/h3-9,12,14,16,24H,1-2,10-11H2,(H,36,40)/t14-,16-/m1/s1. The summed E-state index contributed by atoms with van der Waals surface area (Å²) < 4.78 is 58.0. The Morgan fingerprint density at radius 3 is 2.66 bits per heavy atom. The number of amides is 2. The van der Waals surface area contributed by atoms with Gasteiger partial charge in [0.05, 0.1) is 41.5 Å². The van der Waals surface area contributed by atoms with Gasteiger partial charge in [-0.15, -0.1) is 0 Å². The van der Waals surface area contributed by atoms with E-state index < -0.39 is 35.1 Å². The minimum absolute atomic E-state index is 0.0169. The van der Waals surface area contributed by atoms with Crippen LogP contribution in [0.15, 0.2) is 49.2 Å². The van der Waals surface area contributed by atoms with Crippen LogP contribution in [0.5, 0.6) is 0 Å². The summed E-state index contributed by atoms with van der Waals surface area (Å²) in [5.41, 5.74) is -0.994. The number of carbonyl (C=O) groups excluding carboxylic acids is 2. The van der Waals surface area contributed by atoms with Crippen LogP contribution >= 0.6 is 11.6 Å². The van der Waals surface area contributed by atoms with Gasteiger partial charge in [-0.05, 0) is 36.5 Å². The molecule has 2 atom stereocenters. The molecule has 1 aromatic carbocycles. The lowest BCUT2D eigenvalue weighted by molar-refractivity contribution is -0.123. The number of carbonyl (C=O) groups is 2. The van der Waals surface area contributed by atoms with Crippen molar-refractivity contribution in [3.05, 3.63) is 82.7 Å². The highest BCUT2D eigenvalue weighted by Gasteiger charge is 2.47. The first-order valence-corrected chi connectivity index (χ1v) is 13.0. The summed E-state index contributed by atoms with van der Waals surface area (Å²) in [5.74, 6) is -2.30. The average molecular weight is 586 g/mol. The van der Waals surface area contributed by atoms with E-state index in [0.29, 0.717) is 12.1 Å². The first kappa shape index (κ1) is 26.8. The van der Waals surface area contributed by atoms with Crippen LogP contribution < -0.4 is 10.2 Å². The van der Waals surface area contributed by atoms with Crippen LogP contribution in [0.1, 0.15) is 40.9 Å². The molecule has 9 nitrogen and oxygen atoms in total. The highest BCUT2D eigenvalue weighted by molar-refractivity contribution is 6.31. The van der Waals surface area contributed by atoms with Crippen molar-refractivity contribution >= 4 is 34.9 Å². The van der Waals surface area contributed by atoms with E-state index in [-0.39, 0.29) is 52.2 Å². The molecular weight excluding hydrogens is 566 g/mol. The summed E-state index contributed by atoms with van der Waals surface area (Å²) in [5, 5.41) is 6.33. The lowest BCUT2D eigenvalue weighted by Crippen LogP contribution is -2.29. The van der Waals surface area contributed by atoms with Gasteiger partial charge in [-0.2, -0.15) is 5.10 Å². The topological polar surface area (TPSA) is 106 Å². The zero-order valence-electron chi connectivity index (χ0n) is 21.1. The molecule has 3 aromatic heterocycles. The second-order valence-electron chi connectivity index (χ2n) is 9.84. The van der Waals surface area contributed by atoms with E-state index in [1.54, 1.807) is 0 Å². The Balaban J connectivity index is 1.15. The summed E-state index contributed by atoms with van der Waals surface area (Å²) >= 11 is 5.78. The molecular formula is C27H20ClF4N7O2. The fourth-order valence-electron chi connectivity index (χ4n) is 5.08. The van der Waals surface area contributed by atoms with Gasteiger partial charge in [-0.1, -0.05) is 17.7 Å². The van der Waals surface area contributed by atoms with Crippen LogP contribution in [-0.2, 0) is 11.3 Å². The summed E-state index contributed by atoms with van der Waals surface area (Å²) in [7, 11) is 0. The molecule has 0 unspecified atom stereocenters. The van der Waals surface area contributed by atoms with E-state index >= 15 is 0 Å². The second kappa shape index (κ2) is 10.5. The number of pyridine rings is 1. The molecule has 0 bridgehead atoms. The third-order valence-corrected chi connectivity index (χ3v) is 7.56. The molecule has 2 aliphatic rings. The van der Waals surface area contributed by atoms with E-state index in [2.05, 4.69) is 25.4 Å². The maximum atomic E-state index is 14.9. The maximum absolute atomic E-state index is 14.9. The lowest BCUT2D eigenvalue weighted by atomic mass is 9.76. The minimum Gasteiger partial charge on any atom is -0.318 e. The van der Waals surface area contributed by atoms with E-state index in [1.807, 2.05) is 0 Å².